The number of nitrogens with one attached hydrogen (secondary N) is 1. The van der Waals surface area contributed by atoms with Gasteiger partial charge in [0.15, 0.2) is 0 Å². The Balaban J connectivity index is 1.58. The number of nitrogens with zero attached hydrogens (tertiary/aromatic N) is 3. The molecule has 10 heteroatoms. The number of hydrogen-bond acceptors (Lipinski definition) is 6. The lowest BCUT2D eigenvalue weighted by Gasteiger charge is -2.20. The minimum absolute atomic E-state index is 0.00747. The molecule has 3 amide bonds. The van der Waals surface area contributed by atoms with Crippen molar-refractivity contribution in [3.05, 3.63) is 54.3 Å². The van der Waals surface area contributed by atoms with Crippen molar-refractivity contribution >= 4 is 40.7 Å². The highest BCUT2D eigenvalue weighted by Gasteiger charge is 2.35. The molecule has 2 aliphatic heterocycles. The predicted octanol–water partition coefficient (Wildman–Crippen LogP) is 1.84. The van der Waals surface area contributed by atoms with E-state index in [0.717, 1.165) is 0 Å². The van der Waals surface area contributed by atoms with Gasteiger partial charge in [0, 0.05) is 6.42 Å². The molecule has 0 saturated carbocycles. The number of nitrogens with two attached hydrogens (primary N) is 1. The zero-order valence-electron chi connectivity index (χ0n) is 15.7. The third kappa shape index (κ3) is 3.66. The van der Waals surface area contributed by atoms with Crippen LogP contribution in [0.1, 0.15) is 6.42 Å². The number of halogens is 1. The van der Waals surface area contributed by atoms with Gasteiger partial charge in [0.25, 0.3) is 5.91 Å². The Bertz CT molecular complexity index is 1040. The van der Waals surface area contributed by atoms with Crippen LogP contribution in [0.4, 0.5) is 26.2 Å². The lowest BCUT2D eigenvalue weighted by molar-refractivity contribution is -0.119. The van der Waals surface area contributed by atoms with E-state index in [0.29, 0.717) is 23.6 Å². The summed E-state index contributed by atoms with van der Waals surface area (Å²) in [5.74, 6) is -1.63. The van der Waals surface area contributed by atoms with Gasteiger partial charge in [-0.15, -0.1) is 0 Å². The summed E-state index contributed by atoms with van der Waals surface area (Å²) in [7, 11) is 0. The van der Waals surface area contributed by atoms with Gasteiger partial charge in [0.2, 0.25) is 5.91 Å². The smallest absolute Gasteiger partial charge is 0.414 e. The number of hydrogen-bond donors (Lipinski definition) is 2. The molecule has 0 bridgehead atoms. The highest BCUT2D eigenvalue weighted by molar-refractivity contribution is 6.44. The first-order valence-electron chi connectivity index (χ1n) is 9.20. The van der Waals surface area contributed by atoms with Gasteiger partial charge < -0.3 is 15.8 Å². The zero-order valence-corrected chi connectivity index (χ0v) is 15.7. The van der Waals surface area contributed by atoms with Crippen molar-refractivity contribution in [2.24, 2.45) is 10.8 Å². The Hall–Kier alpha value is -3.95. The molecule has 2 heterocycles. The summed E-state index contributed by atoms with van der Waals surface area (Å²) in [6.45, 7) is 0.634. The molecule has 1 fully saturated rings. The minimum atomic E-state index is -0.875. The van der Waals surface area contributed by atoms with Crippen LogP contribution in [0.3, 0.4) is 0 Å². The van der Waals surface area contributed by atoms with Crippen LogP contribution in [0, 0.1) is 5.82 Å². The van der Waals surface area contributed by atoms with Crippen molar-refractivity contribution in [1.82, 2.24) is 0 Å². The first kappa shape index (κ1) is 19.4. The number of carbonyl (C=O) groups is 3. The van der Waals surface area contributed by atoms with Gasteiger partial charge in [-0.25, -0.2) is 9.18 Å². The fraction of sp³-hybridized carbons (Fsp3) is 0.200. The standard InChI is InChI=1S/C20H18FN5O4/c21-12-5-7-13(8-6-12)26-17(18(22)27)11-15(24-26)19(28)23-14-3-1-2-4-16(14)25-9-10-30-20(25)29/h1-8,17H,9-11H2,(H2,22,27)(H,23,28). The average molecular weight is 411 g/mol. The van der Waals surface area contributed by atoms with E-state index in [-0.39, 0.29) is 18.7 Å². The molecule has 9 nitrogen and oxygen atoms in total. The van der Waals surface area contributed by atoms with E-state index >= 15 is 0 Å². The molecule has 154 valence electrons. The largest absolute Gasteiger partial charge is 0.447 e. The second-order valence-corrected chi connectivity index (χ2v) is 6.73. The first-order chi connectivity index (χ1) is 14.4. The average Bonchev–Trinajstić information content (AvgIpc) is 3.36. The number of hydrazone groups is 1. The third-order valence-electron chi connectivity index (χ3n) is 4.80. The molecule has 2 aromatic rings. The van der Waals surface area contributed by atoms with E-state index in [1.54, 1.807) is 24.3 Å². The van der Waals surface area contributed by atoms with Crippen LogP contribution in [0.5, 0.6) is 0 Å². The maximum Gasteiger partial charge on any atom is 0.414 e. The highest BCUT2D eigenvalue weighted by Crippen LogP contribution is 2.29. The Morgan fingerprint density at radius 3 is 2.57 bits per heavy atom. The number of para-hydroxylation sites is 2. The summed E-state index contributed by atoms with van der Waals surface area (Å²) in [6, 6.07) is 11.3. The topological polar surface area (TPSA) is 117 Å². The monoisotopic (exact) mass is 411 g/mol. The van der Waals surface area contributed by atoms with Crippen molar-refractivity contribution in [3.63, 3.8) is 0 Å². The molecule has 1 saturated heterocycles. The number of rotatable bonds is 5. The van der Waals surface area contributed by atoms with Gasteiger partial charge in [-0.3, -0.25) is 19.5 Å². The zero-order chi connectivity index (χ0) is 21.3. The summed E-state index contributed by atoms with van der Waals surface area (Å²) in [5, 5.41) is 8.28. The maximum absolute atomic E-state index is 13.2. The van der Waals surface area contributed by atoms with Crippen molar-refractivity contribution in [3.8, 4) is 0 Å². The van der Waals surface area contributed by atoms with Gasteiger partial charge in [0.1, 0.15) is 24.2 Å². The lowest BCUT2D eigenvalue weighted by atomic mass is 10.1. The number of carbonyl (C=O) groups excluding carboxylic acids is 3. The third-order valence-corrected chi connectivity index (χ3v) is 4.80. The first-order valence-corrected chi connectivity index (χ1v) is 9.20. The fourth-order valence-electron chi connectivity index (χ4n) is 3.32. The van der Waals surface area contributed by atoms with Crippen LogP contribution >= 0.6 is 0 Å². The quantitative estimate of drug-likeness (QED) is 0.779. The van der Waals surface area contributed by atoms with Gasteiger partial charge in [0.05, 0.1) is 23.6 Å². The normalized spacial score (nSPS) is 18.2. The van der Waals surface area contributed by atoms with Crippen molar-refractivity contribution in [2.75, 3.05) is 28.4 Å². The predicted molar refractivity (Wildman–Crippen MR) is 108 cm³/mol. The molecule has 2 aromatic carbocycles. The summed E-state index contributed by atoms with van der Waals surface area (Å²) >= 11 is 0. The van der Waals surface area contributed by atoms with Gasteiger partial charge in [-0.2, -0.15) is 5.10 Å². The molecule has 0 aromatic heterocycles. The summed E-state index contributed by atoms with van der Waals surface area (Å²) in [5.41, 5.74) is 6.89. The SMILES string of the molecule is NC(=O)C1CC(C(=O)Nc2ccccc2N2CCOC2=O)=NN1c1ccc(F)cc1. The molecule has 4 rings (SSSR count). The Labute approximate surface area is 170 Å². The van der Waals surface area contributed by atoms with E-state index in [1.165, 1.54) is 34.2 Å². The molecule has 3 N–H and O–H groups in total. The van der Waals surface area contributed by atoms with Crippen LogP contribution in [-0.4, -0.2) is 42.8 Å². The molecule has 30 heavy (non-hydrogen) atoms. The summed E-state index contributed by atoms with van der Waals surface area (Å²) in [4.78, 5) is 38.0. The Kier molecular flexibility index (Phi) is 5.05. The molecular weight excluding hydrogens is 393 g/mol. The number of primary amides is 1. The molecule has 0 spiro atoms. The molecular formula is C20H18FN5O4. The van der Waals surface area contributed by atoms with Crippen LogP contribution in [0.2, 0.25) is 0 Å². The fourth-order valence-corrected chi connectivity index (χ4v) is 3.32. The molecule has 2 aliphatic rings. The number of benzene rings is 2. The Morgan fingerprint density at radius 2 is 1.90 bits per heavy atom. The van der Waals surface area contributed by atoms with Crippen LogP contribution < -0.4 is 21.0 Å². The van der Waals surface area contributed by atoms with E-state index in [4.69, 9.17) is 10.5 Å². The maximum atomic E-state index is 13.2. The molecule has 0 aliphatic carbocycles. The lowest BCUT2D eigenvalue weighted by Crippen LogP contribution is -2.39. The van der Waals surface area contributed by atoms with Gasteiger partial charge >= 0.3 is 6.09 Å². The van der Waals surface area contributed by atoms with Crippen LogP contribution in [0.25, 0.3) is 0 Å². The molecule has 1 unspecified atom stereocenters. The second-order valence-electron chi connectivity index (χ2n) is 6.73. The van der Waals surface area contributed by atoms with E-state index in [1.807, 2.05) is 0 Å². The van der Waals surface area contributed by atoms with Crippen LogP contribution in [-0.2, 0) is 14.3 Å². The number of anilines is 3. The summed E-state index contributed by atoms with van der Waals surface area (Å²) in [6.07, 6.45) is -0.502. The summed E-state index contributed by atoms with van der Waals surface area (Å²) < 4.78 is 18.2. The van der Waals surface area contributed by atoms with Crippen molar-refractivity contribution in [1.29, 1.82) is 0 Å². The van der Waals surface area contributed by atoms with Crippen LogP contribution in [0.15, 0.2) is 53.6 Å². The van der Waals surface area contributed by atoms with E-state index in [2.05, 4.69) is 10.4 Å². The molecule has 0 radical (unpaired) electrons. The number of cyclic esters (lactones) is 1. The van der Waals surface area contributed by atoms with Crippen molar-refractivity contribution < 1.29 is 23.5 Å². The highest BCUT2D eigenvalue weighted by atomic mass is 19.1. The molecule has 1 atom stereocenters. The van der Waals surface area contributed by atoms with E-state index in [9.17, 15) is 18.8 Å². The minimum Gasteiger partial charge on any atom is -0.447 e. The van der Waals surface area contributed by atoms with Gasteiger partial charge in [-0.05, 0) is 36.4 Å². The van der Waals surface area contributed by atoms with E-state index < -0.39 is 29.8 Å². The second kappa shape index (κ2) is 7.82. The number of amides is 3. The van der Waals surface area contributed by atoms with Crippen molar-refractivity contribution in [2.45, 2.75) is 12.5 Å². The Morgan fingerprint density at radius 1 is 1.17 bits per heavy atom. The van der Waals surface area contributed by atoms with Gasteiger partial charge in [-0.1, -0.05) is 12.1 Å². The number of ether oxygens (including phenoxy) is 1.